The number of carboxylic acid groups (broad SMARTS) is 1. The normalized spacial score (nSPS) is 12.1. The van der Waals surface area contributed by atoms with E-state index in [1.54, 1.807) is 38.1 Å². The highest BCUT2D eigenvalue weighted by Gasteiger charge is 2.20. The summed E-state index contributed by atoms with van der Waals surface area (Å²) in [6.07, 6.45) is -0.355. The third-order valence-corrected chi connectivity index (χ3v) is 4.19. The summed E-state index contributed by atoms with van der Waals surface area (Å²) in [7, 11) is 0. The van der Waals surface area contributed by atoms with E-state index in [0.717, 1.165) is 5.56 Å². The van der Waals surface area contributed by atoms with Crippen LogP contribution in [0.1, 0.15) is 25.2 Å². The molecule has 3 aromatic rings. The minimum absolute atomic E-state index is 0.166. The van der Waals surface area contributed by atoms with Gasteiger partial charge in [0.05, 0.1) is 12.7 Å². The lowest BCUT2D eigenvalue weighted by molar-refractivity contribution is -0.153. The van der Waals surface area contributed by atoms with E-state index in [1.165, 1.54) is 12.1 Å². The van der Waals surface area contributed by atoms with Gasteiger partial charge >= 0.3 is 5.97 Å². The lowest BCUT2D eigenvalue weighted by Crippen LogP contribution is -2.29. The molecule has 0 saturated heterocycles. The molecule has 0 aliphatic heterocycles. The number of aromatic nitrogens is 2. The average molecular weight is 414 g/mol. The first-order valence-electron chi connectivity index (χ1n) is 9.59. The van der Waals surface area contributed by atoms with Gasteiger partial charge in [-0.05, 0) is 49.7 Å². The van der Waals surface area contributed by atoms with Crippen LogP contribution in [0.5, 0.6) is 5.75 Å². The van der Waals surface area contributed by atoms with Crippen molar-refractivity contribution in [3.8, 4) is 17.2 Å². The number of nitrogens with zero attached hydrogens (tertiary/aromatic N) is 2. The summed E-state index contributed by atoms with van der Waals surface area (Å²) in [5, 5.41) is 13.1. The van der Waals surface area contributed by atoms with Gasteiger partial charge in [0.2, 0.25) is 0 Å². The zero-order chi connectivity index (χ0) is 21.5. The van der Waals surface area contributed by atoms with Gasteiger partial charge in [-0.3, -0.25) is 0 Å². The van der Waals surface area contributed by atoms with Crippen LogP contribution in [0.4, 0.5) is 4.39 Å². The van der Waals surface area contributed by atoms with E-state index in [4.69, 9.17) is 14.0 Å². The van der Waals surface area contributed by atoms with Gasteiger partial charge in [0.15, 0.2) is 11.9 Å². The molecule has 0 spiro atoms. The maximum absolute atomic E-state index is 13.3. The molecule has 0 fully saturated rings. The molecule has 3 rings (SSSR count). The Morgan fingerprint density at radius 1 is 1.20 bits per heavy atom. The number of halogens is 1. The maximum Gasteiger partial charge on any atom is 0.333 e. The number of hydrogen-bond donors (Lipinski definition) is 1. The molecule has 2 aromatic carbocycles. The Labute approximate surface area is 173 Å². The molecule has 0 saturated carbocycles. The van der Waals surface area contributed by atoms with Crippen molar-refractivity contribution in [2.24, 2.45) is 0 Å². The van der Waals surface area contributed by atoms with Crippen LogP contribution in [0.3, 0.4) is 0 Å². The zero-order valence-electron chi connectivity index (χ0n) is 16.7. The lowest BCUT2D eigenvalue weighted by Gasteiger charge is -2.16. The summed E-state index contributed by atoms with van der Waals surface area (Å²) in [5.74, 6) is 0.00180. The molecule has 0 aliphatic carbocycles. The SMILES string of the molecule is CC(C)OC(Cc1ccc(OCCc2noc(-c3cccc(F)c3)n2)cc1)C(=O)O. The molecule has 0 aliphatic rings. The minimum Gasteiger partial charge on any atom is -0.493 e. The van der Waals surface area contributed by atoms with Gasteiger partial charge in [-0.15, -0.1) is 0 Å². The largest absolute Gasteiger partial charge is 0.493 e. The first-order chi connectivity index (χ1) is 14.4. The van der Waals surface area contributed by atoms with Crippen LogP contribution in [0.25, 0.3) is 11.5 Å². The van der Waals surface area contributed by atoms with Crippen molar-refractivity contribution in [3.05, 3.63) is 65.7 Å². The molecule has 7 nitrogen and oxygen atoms in total. The van der Waals surface area contributed by atoms with Crippen LogP contribution in [-0.4, -0.2) is 40.0 Å². The fraction of sp³-hybridized carbons (Fsp3) is 0.318. The molecule has 1 atom stereocenters. The second-order valence-corrected chi connectivity index (χ2v) is 6.98. The van der Waals surface area contributed by atoms with Gasteiger partial charge in [0, 0.05) is 18.4 Å². The van der Waals surface area contributed by atoms with Crippen LogP contribution in [-0.2, 0) is 22.4 Å². The van der Waals surface area contributed by atoms with E-state index < -0.39 is 12.1 Å². The number of hydrogen-bond acceptors (Lipinski definition) is 6. The van der Waals surface area contributed by atoms with E-state index in [9.17, 15) is 14.3 Å². The molecule has 1 heterocycles. The van der Waals surface area contributed by atoms with Crippen molar-refractivity contribution in [1.29, 1.82) is 0 Å². The first kappa shape index (κ1) is 21.4. The zero-order valence-corrected chi connectivity index (χ0v) is 16.7. The Morgan fingerprint density at radius 3 is 2.63 bits per heavy atom. The van der Waals surface area contributed by atoms with E-state index in [2.05, 4.69) is 10.1 Å². The summed E-state index contributed by atoms with van der Waals surface area (Å²) in [6, 6.07) is 13.1. The van der Waals surface area contributed by atoms with Gasteiger partial charge < -0.3 is 19.1 Å². The van der Waals surface area contributed by atoms with Crippen LogP contribution in [0.2, 0.25) is 0 Å². The second-order valence-electron chi connectivity index (χ2n) is 6.98. The molecular formula is C22H23FN2O5. The van der Waals surface area contributed by atoms with Crippen LogP contribution >= 0.6 is 0 Å². The Kier molecular flexibility index (Phi) is 7.13. The van der Waals surface area contributed by atoms with Crippen molar-refractivity contribution < 1.29 is 28.3 Å². The fourth-order valence-corrected chi connectivity index (χ4v) is 2.81. The Bertz CT molecular complexity index is 972. The Hall–Kier alpha value is -3.26. The Morgan fingerprint density at radius 2 is 1.97 bits per heavy atom. The molecule has 1 aromatic heterocycles. The van der Waals surface area contributed by atoms with E-state index in [1.807, 2.05) is 12.1 Å². The van der Waals surface area contributed by atoms with Crippen LogP contribution < -0.4 is 4.74 Å². The number of carboxylic acids is 1. The maximum atomic E-state index is 13.3. The number of aliphatic carboxylic acids is 1. The summed E-state index contributed by atoms with van der Waals surface area (Å²) in [5.41, 5.74) is 1.36. The van der Waals surface area contributed by atoms with E-state index in [0.29, 0.717) is 30.2 Å². The third kappa shape index (κ3) is 6.12. The van der Waals surface area contributed by atoms with Gasteiger partial charge in [-0.25, -0.2) is 9.18 Å². The van der Waals surface area contributed by atoms with Gasteiger partial charge in [0.1, 0.15) is 11.6 Å². The predicted molar refractivity (Wildman–Crippen MR) is 107 cm³/mol. The highest BCUT2D eigenvalue weighted by atomic mass is 19.1. The van der Waals surface area contributed by atoms with E-state index >= 15 is 0 Å². The Balaban J connectivity index is 1.50. The molecule has 0 bridgehead atoms. The van der Waals surface area contributed by atoms with Crippen molar-refractivity contribution in [2.45, 2.75) is 38.9 Å². The highest BCUT2D eigenvalue weighted by Crippen LogP contribution is 2.19. The molecule has 1 unspecified atom stereocenters. The second kappa shape index (κ2) is 9.98. The predicted octanol–water partition coefficient (Wildman–Crippen LogP) is 3.92. The van der Waals surface area contributed by atoms with Crippen molar-refractivity contribution in [2.75, 3.05) is 6.61 Å². The first-order valence-corrected chi connectivity index (χ1v) is 9.59. The fourth-order valence-electron chi connectivity index (χ4n) is 2.81. The van der Waals surface area contributed by atoms with Crippen molar-refractivity contribution in [3.63, 3.8) is 0 Å². The summed E-state index contributed by atoms with van der Waals surface area (Å²) >= 11 is 0. The summed E-state index contributed by atoms with van der Waals surface area (Å²) in [6.45, 7) is 3.94. The van der Waals surface area contributed by atoms with Crippen LogP contribution in [0, 0.1) is 5.82 Å². The number of benzene rings is 2. The topological polar surface area (TPSA) is 94.7 Å². The summed E-state index contributed by atoms with van der Waals surface area (Å²) < 4.78 is 29.6. The van der Waals surface area contributed by atoms with Gasteiger partial charge in [0.25, 0.3) is 5.89 Å². The molecule has 0 radical (unpaired) electrons. The standard InChI is InChI=1S/C22H23FN2O5/c1-14(2)29-19(22(26)27)12-15-6-8-18(9-7-15)28-11-10-20-24-21(30-25-20)16-4-3-5-17(23)13-16/h3-9,13-14,19H,10-12H2,1-2H3,(H,26,27). The average Bonchev–Trinajstić information content (AvgIpc) is 3.17. The minimum atomic E-state index is -0.984. The van der Waals surface area contributed by atoms with Crippen molar-refractivity contribution >= 4 is 5.97 Å². The highest BCUT2D eigenvalue weighted by molar-refractivity contribution is 5.72. The number of rotatable bonds is 10. The number of carbonyl (C=O) groups is 1. The van der Waals surface area contributed by atoms with Crippen LogP contribution in [0.15, 0.2) is 53.1 Å². The molecule has 8 heteroatoms. The third-order valence-electron chi connectivity index (χ3n) is 4.19. The molecular weight excluding hydrogens is 391 g/mol. The lowest BCUT2D eigenvalue weighted by atomic mass is 10.1. The molecule has 158 valence electrons. The van der Waals surface area contributed by atoms with Crippen molar-refractivity contribution in [1.82, 2.24) is 10.1 Å². The summed E-state index contributed by atoms with van der Waals surface area (Å²) in [4.78, 5) is 15.5. The molecule has 30 heavy (non-hydrogen) atoms. The smallest absolute Gasteiger partial charge is 0.333 e. The molecule has 1 N–H and O–H groups in total. The van der Waals surface area contributed by atoms with Gasteiger partial charge in [-0.2, -0.15) is 4.98 Å². The molecule has 0 amide bonds. The quantitative estimate of drug-likeness (QED) is 0.537. The van der Waals surface area contributed by atoms with Gasteiger partial charge in [-0.1, -0.05) is 23.4 Å². The van der Waals surface area contributed by atoms with E-state index in [-0.39, 0.29) is 24.2 Å². The monoisotopic (exact) mass is 414 g/mol. The number of ether oxygens (including phenoxy) is 2.